The first-order valence-corrected chi connectivity index (χ1v) is 5.73. The van der Waals surface area contributed by atoms with Crippen LogP contribution in [0.4, 0.5) is 0 Å². The van der Waals surface area contributed by atoms with Crippen LogP contribution in [0.25, 0.3) is 0 Å². The van der Waals surface area contributed by atoms with Crippen molar-refractivity contribution in [2.45, 2.75) is 44.7 Å². The first kappa shape index (κ1) is 12.0. The minimum absolute atomic E-state index is 0.357. The van der Waals surface area contributed by atoms with Crippen molar-refractivity contribution in [1.29, 1.82) is 0 Å². The Kier molecular flexibility index (Phi) is 5.45. The highest BCUT2D eigenvalue weighted by Crippen LogP contribution is 2.11. The van der Waals surface area contributed by atoms with Gasteiger partial charge in [0.2, 0.25) is 0 Å². The van der Waals surface area contributed by atoms with Crippen molar-refractivity contribution in [1.82, 2.24) is 4.90 Å². The Labute approximate surface area is 87.6 Å². The fourth-order valence-electron chi connectivity index (χ4n) is 1.88. The van der Waals surface area contributed by atoms with Gasteiger partial charge in [0, 0.05) is 18.7 Å². The highest BCUT2D eigenvalue weighted by molar-refractivity contribution is 4.72. The average molecular weight is 200 g/mol. The number of hydrogen-bond acceptors (Lipinski definition) is 3. The van der Waals surface area contributed by atoms with Crippen LogP contribution >= 0.6 is 0 Å². The monoisotopic (exact) mass is 200 g/mol. The van der Waals surface area contributed by atoms with E-state index in [0.717, 1.165) is 19.6 Å². The van der Waals surface area contributed by atoms with Crippen molar-refractivity contribution < 1.29 is 4.74 Å². The van der Waals surface area contributed by atoms with E-state index in [-0.39, 0.29) is 0 Å². The molecule has 1 aliphatic heterocycles. The van der Waals surface area contributed by atoms with E-state index in [2.05, 4.69) is 18.9 Å². The number of rotatable bonds is 6. The predicted octanol–water partition coefficient (Wildman–Crippen LogP) is 1.22. The molecule has 0 aromatic rings. The molecule has 0 aromatic heterocycles. The molecule has 2 N–H and O–H groups in total. The molecule has 0 aromatic carbocycles. The van der Waals surface area contributed by atoms with Crippen molar-refractivity contribution in [3.8, 4) is 0 Å². The minimum Gasteiger partial charge on any atom is -0.380 e. The zero-order chi connectivity index (χ0) is 10.4. The minimum atomic E-state index is 0.357. The van der Waals surface area contributed by atoms with Gasteiger partial charge in [-0.2, -0.15) is 0 Å². The standard InChI is InChI=1S/C11H24N2O/c1-10(12)5-3-4-7-13(2)11-6-8-14-9-11/h10-11H,3-9,12H2,1-2H3. The van der Waals surface area contributed by atoms with E-state index in [1.54, 1.807) is 0 Å². The molecule has 0 saturated carbocycles. The highest BCUT2D eigenvalue weighted by atomic mass is 16.5. The summed E-state index contributed by atoms with van der Waals surface area (Å²) in [6.07, 6.45) is 4.85. The Morgan fingerprint density at radius 2 is 2.29 bits per heavy atom. The molecular weight excluding hydrogens is 176 g/mol. The Balaban J connectivity index is 1.99. The number of ether oxygens (including phenoxy) is 1. The van der Waals surface area contributed by atoms with E-state index >= 15 is 0 Å². The Morgan fingerprint density at radius 1 is 1.50 bits per heavy atom. The number of likely N-dealkylation sites (N-methyl/N-ethyl adjacent to an activating group) is 1. The number of unbranched alkanes of at least 4 members (excludes halogenated alkanes) is 1. The molecule has 0 spiro atoms. The molecule has 2 atom stereocenters. The van der Waals surface area contributed by atoms with Crippen LogP contribution in [0, 0.1) is 0 Å². The lowest BCUT2D eigenvalue weighted by atomic mass is 10.1. The maximum absolute atomic E-state index is 5.70. The average Bonchev–Trinajstić information content (AvgIpc) is 2.64. The third-order valence-corrected chi connectivity index (χ3v) is 2.95. The molecule has 3 heteroatoms. The van der Waals surface area contributed by atoms with Gasteiger partial charge in [0.15, 0.2) is 0 Å². The smallest absolute Gasteiger partial charge is 0.0622 e. The molecule has 0 radical (unpaired) electrons. The summed E-state index contributed by atoms with van der Waals surface area (Å²) >= 11 is 0. The molecule has 2 unspecified atom stereocenters. The van der Waals surface area contributed by atoms with Crippen molar-refractivity contribution >= 4 is 0 Å². The van der Waals surface area contributed by atoms with Crippen LogP contribution in [0.5, 0.6) is 0 Å². The van der Waals surface area contributed by atoms with E-state index in [1.165, 1.54) is 25.8 Å². The molecule has 1 rings (SSSR count). The lowest BCUT2D eigenvalue weighted by Gasteiger charge is -2.22. The number of nitrogens with zero attached hydrogens (tertiary/aromatic N) is 1. The number of nitrogens with two attached hydrogens (primary N) is 1. The highest BCUT2D eigenvalue weighted by Gasteiger charge is 2.19. The second kappa shape index (κ2) is 6.38. The number of hydrogen-bond donors (Lipinski definition) is 1. The van der Waals surface area contributed by atoms with Gasteiger partial charge in [0.05, 0.1) is 6.61 Å². The van der Waals surface area contributed by atoms with Gasteiger partial charge in [0.1, 0.15) is 0 Å². The van der Waals surface area contributed by atoms with Crippen LogP contribution in [0.2, 0.25) is 0 Å². The van der Waals surface area contributed by atoms with Gasteiger partial charge in [-0.1, -0.05) is 6.42 Å². The first-order valence-electron chi connectivity index (χ1n) is 5.73. The van der Waals surface area contributed by atoms with Gasteiger partial charge in [-0.05, 0) is 39.8 Å². The van der Waals surface area contributed by atoms with Gasteiger partial charge < -0.3 is 15.4 Å². The van der Waals surface area contributed by atoms with E-state index in [4.69, 9.17) is 10.5 Å². The van der Waals surface area contributed by atoms with Gasteiger partial charge in [0.25, 0.3) is 0 Å². The van der Waals surface area contributed by atoms with E-state index in [9.17, 15) is 0 Å². The normalized spacial score (nSPS) is 24.4. The Hall–Kier alpha value is -0.120. The lowest BCUT2D eigenvalue weighted by molar-refractivity contribution is 0.158. The molecule has 1 aliphatic rings. The second-order valence-electron chi connectivity index (χ2n) is 4.47. The summed E-state index contributed by atoms with van der Waals surface area (Å²) in [4.78, 5) is 2.42. The SMILES string of the molecule is CC(N)CCCCN(C)C1CCOC1. The van der Waals surface area contributed by atoms with E-state index < -0.39 is 0 Å². The van der Waals surface area contributed by atoms with Gasteiger partial charge in [-0.25, -0.2) is 0 Å². The topological polar surface area (TPSA) is 38.5 Å². The van der Waals surface area contributed by atoms with Gasteiger partial charge in [-0.3, -0.25) is 0 Å². The van der Waals surface area contributed by atoms with Crippen molar-refractivity contribution in [3.63, 3.8) is 0 Å². The first-order chi connectivity index (χ1) is 6.70. The van der Waals surface area contributed by atoms with Gasteiger partial charge in [-0.15, -0.1) is 0 Å². The Morgan fingerprint density at radius 3 is 2.86 bits per heavy atom. The largest absolute Gasteiger partial charge is 0.380 e. The molecule has 14 heavy (non-hydrogen) atoms. The summed E-state index contributed by atoms with van der Waals surface area (Å²) in [5.74, 6) is 0. The predicted molar refractivity (Wildman–Crippen MR) is 59.4 cm³/mol. The third-order valence-electron chi connectivity index (χ3n) is 2.95. The lowest BCUT2D eigenvalue weighted by Crippen LogP contribution is -2.32. The molecule has 1 heterocycles. The third kappa shape index (κ3) is 4.40. The van der Waals surface area contributed by atoms with Crippen LogP contribution in [0.15, 0.2) is 0 Å². The van der Waals surface area contributed by atoms with Crippen LogP contribution in [-0.4, -0.2) is 43.8 Å². The maximum Gasteiger partial charge on any atom is 0.0622 e. The molecule has 0 amide bonds. The summed E-state index contributed by atoms with van der Waals surface area (Å²) in [5.41, 5.74) is 5.70. The van der Waals surface area contributed by atoms with Crippen LogP contribution in [-0.2, 0) is 4.74 Å². The fourth-order valence-corrected chi connectivity index (χ4v) is 1.88. The van der Waals surface area contributed by atoms with Gasteiger partial charge >= 0.3 is 0 Å². The summed E-state index contributed by atoms with van der Waals surface area (Å²) < 4.78 is 5.36. The van der Waals surface area contributed by atoms with Crippen LogP contribution < -0.4 is 5.73 Å². The molecule has 1 saturated heterocycles. The quantitative estimate of drug-likeness (QED) is 0.655. The van der Waals surface area contributed by atoms with E-state index in [0.29, 0.717) is 12.1 Å². The van der Waals surface area contributed by atoms with Crippen molar-refractivity contribution in [2.24, 2.45) is 5.73 Å². The van der Waals surface area contributed by atoms with Crippen molar-refractivity contribution in [2.75, 3.05) is 26.8 Å². The van der Waals surface area contributed by atoms with Crippen molar-refractivity contribution in [3.05, 3.63) is 0 Å². The second-order valence-corrected chi connectivity index (χ2v) is 4.47. The summed E-state index contributed by atoms with van der Waals surface area (Å²) in [5, 5.41) is 0. The molecule has 3 nitrogen and oxygen atoms in total. The maximum atomic E-state index is 5.70. The molecule has 84 valence electrons. The summed E-state index contributed by atoms with van der Waals surface area (Å²) in [6, 6.07) is 1.01. The van der Waals surface area contributed by atoms with Crippen LogP contribution in [0.1, 0.15) is 32.6 Å². The fraction of sp³-hybridized carbons (Fsp3) is 1.00. The van der Waals surface area contributed by atoms with E-state index in [1.807, 2.05) is 0 Å². The zero-order valence-corrected chi connectivity index (χ0v) is 9.54. The molecular formula is C11H24N2O. The van der Waals surface area contributed by atoms with Crippen LogP contribution in [0.3, 0.4) is 0 Å². The Bertz CT molecular complexity index is 144. The summed E-state index contributed by atoms with van der Waals surface area (Å²) in [6.45, 7) is 5.12. The molecule has 0 bridgehead atoms. The molecule has 1 fully saturated rings. The zero-order valence-electron chi connectivity index (χ0n) is 9.54. The molecule has 0 aliphatic carbocycles. The summed E-state index contributed by atoms with van der Waals surface area (Å²) in [7, 11) is 2.20.